The van der Waals surface area contributed by atoms with Gasteiger partial charge < -0.3 is 14.8 Å². The van der Waals surface area contributed by atoms with Crippen LogP contribution in [0, 0.1) is 13.8 Å². The Labute approximate surface area is 141 Å². The van der Waals surface area contributed by atoms with E-state index in [2.05, 4.69) is 5.32 Å². The van der Waals surface area contributed by atoms with Gasteiger partial charge in [0.1, 0.15) is 5.75 Å². The van der Waals surface area contributed by atoms with Gasteiger partial charge in [0.15, 0.2) is 0 Å². The van der Waals surface area contributed by atoms with Crippen molar-refractivity contribution in [3.8, 4) is 5.75 Å². The molecule has 5 heteroatoms. The molecule has 1 N–H and O–H groups in total. The molecule has 0 unspecified atom stereocenters. The quantitative estimate of drug-likeness (QED) is 0.850. The second-order valence-corrected chi connectivity index (χ2v) is 5.39. The summed E-state index contributed by atoms with van der Waals surface area (Å²) in [5.41, 5.74) is 3.25. The fourth-order valence-electron chi connectivity index (χ4n) is 2.30. The molecule has 1 amide bonds. The van der Waals surface area contributed by atoms with Crippen LogP contribution in [0.2, 0.25) is 0 Å². The van der Waals surface area contributed by atoms with Crippen molar-refractivity contribution in [2.75, 3.05) is 19.0 Å². The first-order valence-electron chi connectivity index (χ1n) is 7.70. The number of benzene rings is 2. The Morgan fingerprint density at radius 1 is 1.00 bits per heavy atom. The molecule has 0 aliphatic rings. The number of nitrogens with one attached hydrogen (secondary N) is 1. The molecule has 0 atom stereocenters. The van der Waals surface area contributed by atoms with Gasteiger partial charge in [-0.2, -0.15) is 0 Å². The average Bonchev–Trinajstić information content (AvgIpc) is 2.58. The highest BCUT2D eigenvalue weighted by molar-refractivity contribution is 6.05. The van der Waals surface area contributed by atoms with Crippen molar-refractivity contribution < 1.29 is 19.1 Å². The molecule has 2 rings (SSSR count). The number of carbonyl (C=O) groups excluding carboxylic acids is 2. The van der Waals surface area contributed by atoms with Crippen LogP contribution in [0.25, 0.3) is 0 Å². The summed E-state index contributed by atoms with van der Waals surface area (Å²) >= 11 is 0. The van der Waals surface area contributed by atoms with Gasteiger partial charge in [-0.25, -0.2) is 4.79 Å². The van der Waals surface area contributed by atoms with Crippen LogP contribution >= 0.6 is 0 Å². The van der Waals surface area contributed by atoms with Gasteiger partial charge >= 0.3 is 5.97 Å². The van der Waals surface area contributed by atoms with Crippen molar-refractivity contribution in [1.82, 2.24) is 0 Å². The third kappa shape index (κ3) is 3.93. The van der Waals surface area contributed by atoms with Crippen molar-refractivity contribution >= 4 is 17.6 Å². The summed E-state index contributed by atoms with van der Waals surface area (Å²) in [6.07, 6.45) is 0. The zero-order valence-corrected chi connectivity index (χ0v) is 14.3. The fraction of sp³-hybridized carbons (Fsp3) is 0.263. The Balaban J connectivity index is 2.23. The minimum absolute atomic E-state index is 0.244. The highest BCUT2D eigenvalue weighted by Gasteiger charge is 2.12. The molecule has 2 aromatic carbocycles. The van der Waals surface area contributed by atoms with E-state index in [1.807, 2.05) is 20.8 Å². The molecule has 24 heavy (non-hydrogen) atoms. The lowest BCUT2D eigenvalue weighted by molar-refractivity contribution is 0.0600. The summed E-state index contributed by atoms with van der Waals surface area (Å²) < 4.78 is 10.2. The number of hydrogen-bond donors (Lipinski definition) is 1. The van der Waals surface area contributed by atoms with Gasteiger partial charge in [-0.3, -0.25) is 4.79 Å². The molecular formula is C19H21NO4. The largest absolute Gasteiger partial charge is 0.494 e. The standard InChI is InChI=1S/C19H21NO4/c1-5-24-17-9-8-14(10-13(17)3)18(21)20-16-11-15(19(22)23-4)7-6-12(16)2/h6-11H,5H2,1-4H3,(H,20,21). The predicted octanol–water partition coefficient (Wildman–Crippen LogP) is 3.74. The number of rotatable bonds is 5. The topological polar surface area (TPSA) is 64.6 Å². The van der Waals surface area contributed by atoms with Crippen LogP contribution in [0.3, 0.4) is 0 Å². The van der Waals surface area contributed by atoms with Crippen LogP contribution < -0.4 is 10.1 Å². The zero-order valence-electron chi connectivity index (χ0n) is 14.3. The Kier molecular flexibility index (Phi) is 5.58. The summed E-state index contributed by atoms with van der Waals surface area (Å²) in [6.45, 7) is 6.24. The molecule has 0 radical (unpaired) electrons. The van der Waals surface area contributed by atoms with E-state index in [1.165, 1.54) is 7.11 Å². The molecule has 0 aromatic heterocycles. The van der Waals surface area contributed by atoms with E-state index in [9.17, 15) is 9.59 Å². The van der Waals surface area contributed by atoms with Crippen molar-refractivity contribution in [1.29, 1.82) is 0 Å². The van der Waals surface area contributed by atoms with Gasteiger partial charge in [0, 0.05) is 11.3 Å². The molecule has 0 heterocycles. The van der Waals surface area contributed by atoms with Crippen molar-refractivity contribution in [3.05, 3.63) is 58.7 Å². The van der Waals surface area contributed by atoms with Crippen LogP contribution in [0.4, 0.5) is 5.69 Å². The van der Waals surface area contributed by atoms with Gasteiger partial charge in [0.05, 0.1) is 19.3 Å². The van der Waals surface area contributed by atoms with Gasteiger partial charge in [0.25, 0.3) is 5.91 Å². The number of carbonyl (C=O) groups is 2. The second-order valence-electron chi connectivity index (χ2n) is 5.39. The van der Waals surface area contributed by atoms with E-state index in [1.54, 1.807) is 36.4 Å². The minimum atomic E-state index is -0.442. The van der Waals surface area contributed by atoms with E-state index >= 15 is 0 Å². The smallest absolute Gasteiger partial charge is 0.337 e. The number of ether oxygens (including phenoxy) is 2. The Morgan fingerprint density at radius 2 is 1.71 bits per heavy atom. The summed E-state index contributed by atoms with van der Waals surface area (Å²) in [7, 11) is 1.32. The molecule has 0 spiro atoms. The zero-order chi connectivity index (χ0) is 17.7. The maximum Gasteiger partial charge on any atom is 0.337 e. The lowest BCUT2D eigenvalue weighted by atomic mass is 10.1. The number of hydrogen-bond acceptors (Lipinski definition) is 4. The van der Waals surface area contributed by atoms with E-state index in [-0.39, 0.29) is 5.91 Å². The molecule has 0 fully saturated rings. The van der Waals surface area contributed by atoms with E-state index < -0.39 is 5.97 Å². The monoisotopic (exact) mass is 327 g/mol. The molecule has 0 saturated carbocycles. The fourth-order valence-corrected chi connectivity index (χ4v) is 2.30. The van der Waals surface area contributed by atoms with Crippen molar-refractivity contribution in [2.24, 2.45) is 0 Å². The third-order valence-corrected chi connectivity index (χ3v) is 3.64. The van der Waals surface area contributed by atoms with Crippen LogP contribution in [0.1, 0.15) is 38.8 Å². The minimum Gasteiger partial charge on any atom is -0.494 e. The van der Waals surface area contributed by atoms with Gasteiger partial charge in [0.2, 0.25) is 0 Å². The summed E-state index contributed by atoms with van der Waals surface area (Å²) in [5, 5.41) is 2.84. The highest BCUT2D eigenvalue weighted by Crippen LogP contribution is 2.22. The third-order valence-electron chi connectivity index (χ3n) is 3.64. The summed E-state index contributed by atoms with van der Waals surface area (Å²) in [4.78, 5) is 24.1. The van der Waals surface area contributed by atoms with Gasteiger partial charge in [-0.15, -0.1) is 0 Å². The van der Waals surface area contributed by atoms with Gasteiger partial charge in [-0.05, 0) is 62.2 Å². The molecule has 0 aliphatic heterocycles. The molecule has 0 saturated heterocycles. The molecule has 126 valence electrons. The molecule has 5 nitrogen and oxygen atoms in total. The van der Waals surface area contributed by atoms with E-state index in [0.29, 0.717) is 23.4 Å². The predicted molar refractivity (Wildman–Crippen MR) is 92.8 cm³/mol. The second kappa shape index (κ2) is 7.64. The van der Waals surface area contributed by atoms with Crippen molar-refractivity contribution in [2.45, 2.75) is 20.8 Å². The first-order chi connectivity index (χ1) is 11.5. The maximum atomic E-state index is 12.5. The molecular weight excluding hydrogens is 306 g/mol. The number of anilines is 1. The summed E-state index contributed by atoms with van der Waals surface area (Å²) in [5.74, 6) is 0.0756. The first kappa shape index (κ1) is 17.5. The lowest BCUT2D eigenvalue weighted by Crippen LogP contribution is -2.14. The van der Waals surface area contributed by atoms with Crippen LogP contribution in [0.5, 0.6) is 5.75 Å². The van der Waals surface area contributed by atoms with Crippen LogP contribution in [-0.2, 0) is 4.74 Å². The lowest BCUT2D eigenvalue weighted by Gasteiger charge is -2.12. The maximum absolute atomic E-state index is 12.5. The van der Waals surface area contributed by atoms with Gasteiger partial charge in [-0.1, -0.05) is 6.07 Å². The van der Waals surface area contributed by atoms with Crippen molar-refractivity contribution in [3.63, 3.8) is 0 Å². The molecule has 2 aromatic rings. The first-order valence-corrected chi connectivity index (χ1v) is 7.70. The number of methoxy groups -OCH3 is 1. The molecule has 0 bridgehead atoms. The normalized spacial score (nSPS) is 10.2. The Morgan fingerprint density at radius 3 is 2.33 bits per heavy atom. The molecule has 0 aliphatic carbocycles. The van der Waals surface area contributed by atoms with E-state index in [0.717, 1.165) is 16.9 Å². The average molecular weight is 327 g/mol. The highest BCUT2D eigenvalue weighted by atomic mass is 16.5. The number of aryl methyl sites for hydroxylation is 2. The number of amides is 1. The van der Waals surface area contributed by atoms with Crippen LogP contribution in [0.15, 0.2) is 36.4 Å². The van der Waals surface area contributed by atoms with Crippen LogP contribution in [-0.4, -0.2) is 25.6 Å². The SMILES string of the molecule is CCOc1ccc(C(=O)Nc2cc(C(=O)OC)ccc2C)cc1C. The number of esters is 1. The Bertz CT molecular complexity index is 768. The Hall–Kier alpha value is -2.82. The van der Waals surface area contributed by atoms with E-state index in [4.69, 9.17) is 9.47 Å². The summed E-state index contributed by atoms with van der Waals surface area (Å²) in [6, 6.07) is 10.3.